The number of piperazine rings is 1. The fraction of sp³-hybridized carbons (Fsp3) is 0.550. The van der Waals surface area contributed by atoms with E-state index in [4.69, 9.17) is 4.74 Å². The highest BCUT2D eigenvalue weighted by Gasteiger charge is 2.31. The van der Waals surface area contributed by atoms with Crippen molar-refractivity contribution in [1.82, 2.24) is 19.2 Å². The van der Waals surface area contributed by atoms with Gasteiger partial charge in [-0.05, 0) is 31.4 Å². The number of nitrogens with zero attached hydrogens (tertiary/aromatic N) is 4. The van der Waals surface area contributed by atoms with Crippen molar-refractivity contribution < 1.29 is 14.3 Å². The Balaban J connectivity index is 1.21. The average Bonchev–Trinajstić information content (AvgIpc) is 3.37. The molecule has 4 heterocycles. The Bertz CT molecular complexity index is 854. The molecule has 2 amide bonds. The van der Waals surface area contributed by atoms with Crippen LogP contribution in [0.4, 0.5) is 0 Å². The first-order valence-corrected chi connectivity index (χ1v) is 11.0. The van der Waals surface area contributed by atoms with Gasteiger partial charge in [0.25, 0.3) is 5.91 Å². The van der Waals surface area contributed by atoms with Crippen LogP contribution in [0, 0.1) is 6.92 Å². The number of imidazole rings is 1. The van der Waals surface area contributed by atoms with Gasteiger partial charge in [-0.3, -0.25) is 9.59 Å². The number of carbonyl (C=O) groups is 2. The first kappa shape index (κ1) is 19.3. The summed E-state index contributed by atoms with van der Waals surface area (Å²) in [6.45, 7) is 5.14. The molecule has 0 spiro atoms. The van der Waals surface area contributed by atoms with Gasteiger partial charge in [0.2, 0.25) is 5.91 Å². The van der Waals surface area contributed by atoms with Crippen LogP contribution in [0.2, 0.25) is 0 Å². The predicted octanol–water partition coefficient (Wildman–Crippen LogP) is 1.73. The van der Waals surface area contributed by atoms with Gasteiger partial charge in [0, 0.05) is 50.9 Å². The molecule has 2 fully saturated rings. The summed E-state index contributed by atoms with van der Waals surface area (Å²) >= 11 is 1.59. The van der Waals surface area contributed by atoms with Gasteiger partial charge < -0.3 is 18.9 Å². The van der Waals surface area contributed by atoms with E-state index in [9.17, 15) is 9.59 Å². The summed E-state index contributed by atoms with van der Waals surface area (Å²) < 4.78 is 7.51. The third-order valence-electron chi connectivity index (χ3n) is 5.27. The number of thioether (sulfide) groups is 1. The Morgan fingerprint density at radius 3 is 2.71 bits per heavy atom. The maximum absolute atomic E-state index is 12.5. The lowest BCUT2D eigenvalue weighted by molar-refractivity contribution is -0.145. The second-order valence-electron chi connectivity index (χ2n) is 7.40. The van der Waals surface area contributed by atoms with Gasteiger partial charge >= 0.3 is 0 Å². The molecule has 4 rings (SSSR count). The number of ether oxygens (including phenoxy) is 1. The number of rotatable bonds is 5. The summed E-state index contributed by atoms with van der Waals surface area (Å²) in [5.41, 5.74) is 3.10. The van der Waals surface area contributed by atoms with E-state index in [0.29, 0.717) is 44.3 Å². The second-order valence-corrected chi connectivity index (χ2v) is 8.39. The zero-order chi connectivity index (χ0) is 19.5. The topological polar surface area (TPSA) is 67.2 Å². The van der Waals surface area contributed by atoms with Crippen molar-refractivity contribution in [1.29, 1.82) is 0 Å². The van der Waals surface area contributed by atoms with Crippen LogP contribution >= 0.6 is 11.8 Å². The van der Waals surface area contributed by atoms with Gasteiger partial charge in [0.15, 0.2) is 0 Å². The largest absolute Gasteiger partial charge is 0.368 e. The van der Waals surface area contributed by atoms with E-state index in [0.717, 1.165) is 24.2 Å². The molecular formula is C20H26N4O3S. The summed E-state index contributed by atoms with van der Waals surface area (Å²) in [6.07, 6.45) is 5.58. The van der Waals surface area contributed by atoms with Crippen molar-refractivity contribution in [2.24, 2.45) is 0 Å². The third kappa shape index (κ3) is 4.33. The lowest BCUT2D eigenvalue weighted by Crippen LogP contribution is -2.53. The van der Waals surface area contributed by atoms with Crippen molar-refractivity contribution in [2.75, 3.05) is 38.5 Å². The van der Waals surface area contributed by atoms with E-state index in [1.165, 1.54) is 5.56 Å². The monoisotopic (exact) mass is 402 g/mol. The number of pyridine rings is 1. The van der Waals surface area contributed by atoms with Gasteiger partial charge in [-0.25, -0.2) is 4.98 Å². The summed E-state index contributed by atoms with van der Waals surface area (Å²) in [7, 11) is 0. The standard InChI is InChI=1S/C20H26N4O3S/c1-15-4-5-18-21-16(12-24(18)11-15)13-28-14-19(25)22-6-8-23(9-7-22)20(26)17-3-2-10-27-17/h4-5,11-12,17H,2-3,6-10,13-14H2,1H3. The van der Waals surface area contributed by atoms with Crippen LogP contribution in [0.25, 0.3) is 5.65 Å². The van der Waals surface area contributed by atoms with Crippen LogP contribution in [0.15, 0.2) is 24.5 Å². The molecule has 8 heteroatoms. The molecule has 1 unspecified atom stereocenters. The zero-order valence-corrected chi connectivity index (χ0v) is 17.0. The molecule has 0 radical (unpaired) electrons. The molecule has 2 aromatic heterocycles. The van der Waals surface area contributed by atoms with Crippen molar-refractivity contribution in [3.8, 4) is 0 Å². The van der Waals surface area contributed by atoms with Gasteiger partial charge in [-0.1, -0.05) is 6.07 Å². The lowest BCUT2D eigenvalue weighted by Gasteiger charge is -2.35. The number of fused-ring (bicyclic) bond motifs is 1. The van der Waals surface area contributed by atoms with Crippen molar-refractivity contribution in [3.63, 3.8) is 0 Å². The Morgan fingerprint density at radius 1 is 1.18 bits per heavy atom. The smallest absolute Gasteiger partial charge is 0.251 e. The highest BCUT2D eigenvalue weighted by atomic mass is 32.2. The number of hydrogen-bond donors (Lipinski definition) is 0. The molecule has 2 aliphatic heterocycles. The Hall–Kier alpha value is -2.06. The minimum absolute atomic E-state index is 0.0843. The van der Waals surface area contributed by atoms with Crippen molar-refractivity contribution in [2.45, 2.75) is 31.6 Å². The van der Waals surface area contributed by atoms with E-state index < -0.39 is 0 Å². The van der Waals surface area contributed by atoms with Crippen molar-refractivity contribution in [3.05, 3.63) is 35.8 Å². The summed E-state index contributed by atoms with van der Waals surface area (Å²) in [5, 5.41) is 0. The molecule has 28 heavy (non-hydrogen) atoms. The molecular weight excluding hydrogens is 376 g/mol. The van der Waals surface area contributed by atoms with Crippen LogP contribution in [0.5, 0.6) is 0 Å². The summed E-state index contributed by atoms with van der Waals surface area (Å²) in [6, 6.07) is 4.05. The Morgan fingerprint density at radius 2 is 1.96 bits per heavy atom. The van der Waals surface area contributed by atoms with Crippen LogP contribution < -0.4 is 0 Å². The molecule has 2 aromatic rings. The minimum atomic E-state index is -0.271. The third-order valence-corrected chi connectivity index (χ3v) is 6.22. The van der Waals surface area contributed by atoms with Crippen LogP contribution in [0.1, 0.15) is 24.1 Å². The summed E-state index contributed by atoms with van der Waals surface area (Å²) in [5.74, 6) is 1.37. The quantitative estimate of drug-likeness (QED) is 0.762. The van der Waals surface area contributed by atoms with Crippen LogP contribution in [-0.4, -0.2) is 75.6 Å². The molecule has 2 aliphatic rings. The highest BCUT2D eigenvalue weighted by molar-refractivity contribution is 7.99. The van der Waals surface area contributed by atoms with Crippen LogP contribution in [-0.2, 0) is 20.1 Å². The molecule has 0 saturated carbocycles. The maximum Gasteiger partial charge on any atom is 0.251 e. The van der Waals surface area contributed by atoms with E-state index in [-0.39, 0.29) is 17.9 Å². The predicted molar refractivity (Wildman–Crippen MR) is 108 cm³/mol. The van der Waals surface area contributed by atoms with E-state index in [2.05, 4.69) is 18.1 Å². The second kappa shape index (κ2) is 8.53. The molecule has 0 N–H and O–H groups in total. The maximum atomic E-state index is 12.5. The normalized spacial score (nSPS) is 20.1. The summed E-state index contributed by atoms with van der Waals surface area (Å²) in [4.78, 5) is 33.2. The molecule has 0 bridgehead atoms. The lowest BCUT2D eigenvalue weighted by atomic mass is 10.2. The molecule has 0 aromatic carbocycles. The SMILES string of the molecule is Cc1ccc2nc(CSCC(=O)N3CCN(C(=O)C4CCCO4)CC3)cn2c1. The highest BCUT2D eigenvalue weighted by Crippen LogP contribution is 2.17. The van der Waals surface area contributed by atoms with Gasteiger partial charge in [0.05, 0.1) is 11.4 Å². The van der Waals surface area contributed by atoms with Crippen LogP contribution in [0.3, 0.4) is 0 Å². The minimum Gasteiger partial charge on any atom is -0.368 e. The van der Waals surface area contributed by atoms with Gasteiger partial charge in [-0.2, -0.15) is 0 Å². The number of aromatic nitrogens is 2. The number of hydrogen-bond acceptors (Lipinski definition) is 5. The number of amides is 2. The first-order chi connectivity index (χ1) is 13.6. The fourth-order valence-electron chi connectivity index (χ4n) is 3.71. The molecule has 1 atom stereocenters. The Kier molecular flexibility index (Phi) is 5.87. The van der Waals surface area contributed by atoms with Crippen molar-refractivity contribution >= 4 is 29.2 Å². The molecule has 150 valence electrons. The molecule has 0 aliphatic carbocycles. The van der Waals surface area contributed by atoms with E-state index in [1.807, 2.05) is 32.5 Å². The Labute approximate surface area is 169 Å². The number of aryl methyl sites for hydroxylation is 1. The molecule has 2 saturated heterocycles. The van der Waals surface area contributed by atoms with Gasteiger partial charge in [-0.15, -0.1) is 11.8 Å². The zero-order valence-electron chi connectivity index (χ0n) is 16.2. The average molecular weight is 403 g/mol. The molecule has 7 nitrogen and oxygen atoms in total. The van der Waals surface area contributed by atoms with E-state index >= 15 is 0 Å². The first-order valence-electron chi connectivity index (χ1n) is 9.80. The van der Waals surface area contributed by atoms with E-state index in [1.54, 1.807) is 11.8 Å². The van der Waals surface area contributed by atoms with Gasteiger partial charge in [0.1, 0.15) is 11.8 Å². The number of carbonyl (C=O) groups excluding carboxylic acids is 2. The fourth-order valence-corrected chi connectivity index (χ4v) is 4.52.